The largest absolute Gasteiger partial charge is 0.445 e. The highest BCUT2D eigenvalue weighted by Gasteiger charge is 2.02. The number of hydrogen-bond donors (Lipinski definition) is 1. The Bertz CT molecular complexity index is 440. The summed E-state index contributed by atoms with van der Waals surface area (Å²) >= 11 is 0. The molecule has 0 aliphatic rings. The van der Waals surface area contributed by atoms with E-state index >= 15 is 0 Å². The lowest BCUT2D eigenvalue weighted by Crippen LogP contribution is -2.11. The minimum Gasteiger partial charge on any atom is -0.445 e. The third-order valence-electron chi connectivity index (χ3n) is 2.30. The van der Waals surface area contributed by atoms with Crippen molar-refractivity contribution in [3.05, 3.63) is 24.8 Å². The Kier molecular flexibility index (Phi) is 10.9. The smallest absolute Gasteiger partial charge is 0.304 e. The molecule has 0 saturated carbocycles. The third-order valence-corrected chi connectivity index (χ3v) is 2.30. The van der Waals surface area contributed by atoms with E-state index in [-0.39, 0.29) is 5.97 Å². The lowest BCUT2D eigenvalue weighted by atomic mass is 10.2. The van der Waals surface area contributed by atoms with Crippen LogP contribution in [0.2, 0.25) is 0 Å². The van der Waals surface area contributed by atoms with Gasteiger partial charge in [0.1, 0.15) is 6.10 Å². The number of rotatable bonds is 7. The van der Waals surface area contributed by atoms with Gasteiger partial charge in [0.05, 0.1) is 0 Å². The predicted molar refractivity (Wildman–Crippen MR) is 80.6 cm³/mol. The van der Waals surface area contributed by atoms with Crippen molar-refractivity contribution in [3.63, 3.8) is 0 Å². The van der Waals surface area contributed by atoms with E-state index in [0.29, 0.717) is 0 Å². The number of aliphatic hydroxyl groups excluding tert-OH is 1. The second-order valence-corrected chi connectivity index (χ2v) is 4.17. The summed E-state index contributed by atoms with van der Waals surface area (Å²) in [5.41, 5.74) is 0. The fourth-order valence-electron chi connectivity index (χ4n) is 1.30. The molecular formula is C17H22O3. The standard InChI is InChI=1S/C17H22O3/c1-4-6-7-8-9-13-17(20-15(3)18)14-11-10-12-16(19)5-2/h5,9,13,16-17,19H,2,4,6-8H2,1,3H3/b13-9+/t16-,17+/m1/s1. The zero-order valence-electron chi connectivity index (χ0n) is 12.2. The van der Waals surface area contributed by atoms with Crippen LogP contribution in [-0.2, 0) is 9.53 Å². The number of ether oxygens (including phenoxy) is 1. The summed E-state index contributed by atoms with van der Waals surface area (Å²) in [4.78, 5) is 11.0. The molecule has 2 atom stereocenters. The van der Waals surface area contributed by atoms with Gasteiger partial charge in [-0.1, -0.05) is 44.4 Å². The molecule has 0 aromatic rings. The predicted octanol–water partition coefficient (Wildman–Crippen LogP) is 2.61. The first-order valence-electron chi connectivity index (χ1n) is 6.75. The minimum absolute atomic E-state index is 0.387. The summed E-state index contributed by atoms with van der Waals surface area (Å²) in [7, 11) is 0. The number of unbranched alkanes of at least 4 members (excludes halogenated alkanes) is 3. The van der Waals surface area contributed by atoms with Gasteiger partial charge in [0.15, 0.2) is 6.10 Å². The Morgan fingerprint density at radius 1 is 1.35 bits per heavy atom. The molecule has 0 fully saturated rings. The molecule has 0 radical (unpaired) electrons. The Morgan fingerprint density at radius 3 is 2.65 bits per heavy atom. The molecule has 0 bridgehead atoms. The summed E-state index contributed by atoms with van der Waals surface area (Å²) in [5, 5.41) is 9.13. The topological polar surface area (TPSA) is 46.5 Å². The van der Waals surface area contributed by atoms with E-state index in [1.54, 1.807) is 6.08 Å². The van der Waals surface area contributed by atoms with Crippen LogP contribution in [0, 0.1) is 23.7 Å². The van der Waals surface area contributed by atoms with E-state index < -0.39 is 12.2 Å². The highest BCUT2D eigenvalue weighted by molar-refractivity contribution is 5.66. The van der Waals surface area contributed by atoms with Crippen LogP contribution in [0.15, 0.2) is 24.8 Å². The van der Waals surface area contributed by atoms with Gasteiger partial charge in [-0.15, -0.1) is 0 Å². The Labute approximate surface area is 121 Å². The van der Waals surface area contributed by atoms with E-state index in [0.717, 1.165) is 12.8 Å². The zero-order valence-corrected chi connectivity index (χ0v) is 12.2. The maximum atomic E-state index is 11.0. The monoisotopic (exact) mass is 274 g/mol. The molecule has 108 valence electrons. The Morgan fingerprint density at radius 2 is 2.05 bits per heavy atom. The molecule has 0 amide bonds. The van der Waals surface area contributed by atoms with Crippen molar-refractivity contribution in [2.24, 2.45) is 0 Å². The van der Waals surface area contributed by atoms with Crippen molar-refractivity contribution in [2.75, 3.05) is 0 Å². The molecule has 0 saturated heterocycles. The van der Waals surface area contributed by atoms with Crippen molar-refractivity contribution in [1.29, 1.82) is 0 Å². The van der Waals surface area contributed by atoms with Gasteiger partial charge in [-0.2, -0.15) is 0 Å². The van der Waals surface area contributed by atoms with Crippen LogP contribution in [0.1, 0.15) is 39.5 Å². The first-order valence-corrected chi connectivity index (χ1v) is 6.75. The van der Waals surface area contributed by atoms with Crippen molar-refractivity contribution in [1.82, 2.24) is 0 Å². The number of carbonyl (C=O) groups excluding carboxylic acids is 1. The van der Waals surface area contributed by atoms with Gasteiger partial charge in [-0.3, -0.25) is 4.79 Å². The quantitative estimate of drug-likeness (QED) is 0.336. The van der Waals surface area contributed by atoms with Crippen LogP contribution in [-0.4, -0.2) is 23.3 Å². The minimum atomic E-state index is -0.888. The van der Waals surface area contributed by atoms with Gasteiger partial charge in [-0.25, -0.2) is 0 Å². The van der Waals surface area contributed by atoms with Crippen LogP contribution >= 0.6 is 0 Å². The first kappa shape index (κ1) is 18.0. The normalized spacial score (nSPS) is 12.6. The molecule has 3 nitrogen and oxygen atoms in total. The average molecular weight is 274 g/mol. The maximum absolute atomic E-state index is 11.0. The van der Waals surface area contributed by atoms with Gasteiger partial charge >= 0.3 is 5.97 Å². The SMILES string of the molecule is C=C[C@@H](O)C#CC#C[C@H](/C=C/CCCCC)OC(C)=O. The van der Waals surface area contributed by atoms with Crippen LogP contribution < -0.4 is 0 Å². The maximum Gasteiger partial charge on any atom is 0.304 e. The van der Waals surface area contributed by atoms with Crippen LogP contribution in [0.3, 0.4) is 0 Å². The van der Waals surface area contributed by atoms with Crippen LogP contribution in [0.5, 0.6) is 0 Å². The van der Waals surface area contributed by atoms with E-state index in [2.05, 4.69) is 37.2 Å². The molecule has 1 N–H and O–H groups in total. The molecule has 3 heteroatoms. The lowest BCUT2D eigenvalue weighted by molar-refractivity contribution is -0.142. The number of esters is 1. The molecular weight excluding hydrogens is 252 g/mol. The highest BCUT2D eigenvalue weighted by Crippen LogP contribution is 2.02. The number of hydrogen-bond acceptors (Lipinski definition) is 3. The Balaban J connectivity index is 4.47. The lowest BCUT2D eigenvalue weighted by Gasteiger charge is -2.05. The van der Waals surface area contributed by atoms with Gasteiger partial charge in [0, 0.05) is 6.92 Å². The summed E-state index contributed by atoms with van der Waals surface area (Å²) in [5.74, 6) is 9.86. The van der Waals surface area contributed by atoms with Crippen molar-refractivity contribution < 1.29 is 14.6 Å². The van der Waals surface area contributed by atoms with Crippen molar-refractivity contribution in [2.45, 2.75) is 51.7 Å². The molecule has 0 aromatic heterocycles. The molecule has 0 spiro atoms. The number of aliphatic hydroxyl groups is 1. The van der Waals surface area contributed by atoms with Gasteiger partial charge in [-0.05, 0) is 36.7 Å². The van der Waals surface area contributed by atoms with E-state index in [1.807, 2.05) is 6.08 Å². The third kappa shape index (κ3) is 11.1. The van der Waals surface area contributed by atoms with Gasteiger partial charge in [0.25, 0.3) is 0 Å². The fourth-order valence-corrected chi connectivity index (χ4v) is 1.30. The van der Waals surface area contributed by atoms with Crippen LogP contribution in [0.4, 0.5) is 0 Å². The second-order valence-electron chi connectivity index (χ2n) is 4.17. The summed E-state index contributed by atoms with van der Waals surface area (Å²) in [6.07, 6.45) is 7.95. The van der Waals surface area contributed by atoms with Crippen molar-refractivity contribution >= 4 is 5.97 Å². The molecule has 0 unspecified atom stereocenters. The number of carbonyl (C=O) groups is 1. The molecule has 0 rings (SSSR count). The summed E-state index contributed by atoms with van der Waals surface area (Å²) < 4.78 is 5.04. The van der Waals surface area contributed by atoms with Gasteiger partial charge in [0.2, 0.25) is 0 Å². The molecule has 20 heavy (non-hydrogen) atoms. The summed E-state index contributed by atoms with van der Waals surface area (Å²) in [6.45, 7) is 6.88. The second kappa shape index (κ2) is 12.1. The van der Waals surface area contributed by atoms with Crippen LogP contribution in [0.25, 0.3) is 0 Å². The molecule has 0 aliphatic heterocycles. The van der Waals surface area contributed by atoms with Gasteiger partial charge < -0.3 is 9.84 Å². The highest BCUT2D eigenvalue weighted by atomic mass is 16.5. The number of allylic oxidation sites excluding steroid dienone is 1. The van der Waals surface area contributed by atoms with E-state index in [1.165, 1.54) is 25.8 Å². The first-order chi connectivity index (χ1) is 9.60. The molecule has 0 heterocycles. The molecule has 0 aliphatic carbocycles. The average Bonchev–Trinajstić information content (AvgIpc) is 2.42. The van der Waals surface area contributed by atoms with Crippen molar-refractivity contribution in [3.8, 4) is 23.7 Å². The molecule has 0 aromatic carbocycles. The zero-order chi connectivity index (χ0) is 15.2. The Hall–Kier alpha value is -1.97. The van der Waals surface area contributed by atoms with E-state index in [4.69, 9.17) is 9.84 Å². The summed E-state index contributed by atoms with van der Waals surface area (Å²) in [6, 6.07) is 0. The fraction of sp³-hybridized carbons (Fsp3) is 0.471. The van der Waals surface area contributed by atoms with E-state index in [9.17, 15) is 4.79 Å².